The summed E-state index contributed by atoms with van der Waals surface area (Å²) in [4.78, 5) is 6.56. The first-order chi connectivity index (χ1) is 4.47. The molecule has 0 radical (unpaired) electrons. The second-order valence-electron chi connectivity index (χ2n) is 2.38. The second kappa shape index (κ2) is 2.08. The van der Waals surface area contributed by atoms with Crippen LogP contribution >= 0.6 is 0 Å². The van der Waals surface area contributed by atoms with Crippen molar-refractivity contribution in [3.8, 4) is 0 Å². The molecule has 0 aliphatic carbocycles. The minimum atomic E-state index is 0.346. The van der Waals surface area contributed by atoms with Gasteiger partial charge in [-0.1, -0.05) is 0 Å². The summed E-state index contributed by atoms with van der Waals surface area (Å²) in [5, 5.41) is 0. The number of rotatable bonds is 0. The van der Waals surface area contributed by atoms with E-state index in [9.17, 15) is 0 Å². The maximum Gasteiger partial charge on any atom is 0.126 e. The average molecular weight is 126 g/mol. The maximum absolute atomic E-state index is 5.23. The van der Waals surface area contributed by atoms with E-state index < -0.39 is 0 Å². The molecular weight excluding hydrogens is 116 g/mol. The van der Waals surface area contributed by atoms with E-state index in [-0.39, 0.29) is 0 Å². The van der Waals surface area contributed by atoms with Crippen molar-refractivity contribution in [2.24, 2.45) is 4.99 Å². The van der Waals surface area contributed by atoms with Crippen molar-refractivity contribution in [3.05, 3.63) is 0 Å². The maximum atomic E-state index is 5.23. The van der Waals surface area contributed by atoms with Crippen molar-refractivity contribution in [1.82, 2.24) is 4.90 Å². The van der Waals surface area contributed by atoms with E-state index in [1.165, 1.54) is 0 Å². The van der Waals surface area contributed by atoms with E-state index in [1.807, 2.05) is 6.21 Å². The Labute approximate surface area is 54.3 Å². The van der Waals surface area contributed by atoms with Crippen molar-refractivity contribution in [1.29, 1.82) is 0 Å². The molecule has 9 heavy (non-hydrogen) atoms. The van der Waals surface area contributed by atoms with Gasteiger partial charge in [-0.15, -0.1) is 0 Å². The fraction of sp³-hybridized carbons (Fsp3) is 0.833. The Kier molecular flexibility index (Phi) is 1.24. The van der Waals surface area contributed by atoms with E-state index in [2.05, 4.69) is 9.89 Å². The first kappa shape index (κ1) is 5.38. The molecule has 0 saturated carbocycles. The van der Waals surface area contributed by atoms with Gasteiger partial charge < -0.3 is 4.74 Å². The quantitative estimate of drug-likeness (QED) is 0.446. The molecule has 50 valence electrons. The third-order valence-corrected chi connectivity index (χ3v) is 1.80. The summed E-state index contributed by atoms with van der Waals surface area (Å²) in [6.07, 6.45) is 2.32. The number of aliphatic imine (C=N–C) groups is 1. The van der Waals surface area contributed by atoms with Gasteiger partial charge in [-0.25, -0.2) is 0 Å². The number of nitrogens with zero attached hydrogens (tertiary/aromatic N) is 2. The van der Waals surface area contributed by atoms with Crippen molar-refractivity contribution >= 4 is 6.21 Å². The lowest BCUT2D eigenvalue weighted by molar-refractivity contribution is 0.0111. The van der Waals surface area contributed by atoms with Crippen LogP contribution in [0.5, 0.6) is 0 Å². The summed E-state index contributed by atoms with van der Waals surface area (Å²) in [6, 6.07) is 0. The monoisotopic (exact) mass is 126 g/mol. The molecule has 0 spiro atoms. The van der Waals surface area contributed by atoms with Gasteiger partial charge in [-0.2, -0.15) is 0 Å². The van der Waals surface area contributed by atoms with Gasteiger partial charge in [0.05, 0.1) is 13.2 Å². The molecule has 2 aliphatic heterocycles. The highest BCUT2D eigenvalue weighted by atomic mass is 16.5. The van der Waals surface area contributed by atoms with Crippen molar-refractivity contribution in [3.63, 3.8) is 0 Å². The molecule has 1 saturated heterocycles. The van der Waals surface area contributed by atoms with E-state index in [0.717, 1.165) is 26.3 Å². The summed E-state index contributed by atoms with van der Waals surface area (Å²) in [5.41, 5.74) is 0. The highest BCUT2D eigenvalue weighted by Gasteiger charge is 2.23. The van der Waals surface area contributed by atoms with Crippen molar-refractivity contribution in [2.75, 3.05) is 26.3 Å². The molecule has 2 heterocycles. The Hall–Kier alpha value is -0.410. The Balaban J connectivity index is 2.03. The molecule has 2 aliphatic rings. The molecular formula is C6H10N2O. The number of fused-ring (bicyclic) bond motifs is 1. The summed E-state index contributed by atoms with van der Waals surface area (Å²) < 4.78 is 5.23. The molecule has 0 bridgehead atoms. The molecule has 0 aromatic carbocycles. The summed E-state index contributed by atoms with van der Waals surface area (Å²) in [7, 11) is 0. The smallest absolute Gasteiger partial charge is 0.126 e. The van der Waals surface area contributed by atoms with Crippen LogP contribution in [-0.2, 0) is 4.74 Å². The SMILES string of the molecule is C1=NC2COCCN2C1. The van der Waals surface area contributed by atoms with Gasteiger partial charge in [0.2, 0.25) is 0 Å². The Morgan fingerprint density at radius 2 is 2.67 bits per heavy atom. The van der Waals surface area contributed by atoms with E-state index >= 15 is 0 Å². The molecule has 0 N–H and O–H groups in total. The second-order valence-corrected chi connectivity index (χ2v) is 2.38. The van der Waals surface area contributed by atoms with Crippen LogP contribution in [0.1, 0.15) is 0 Å². The fourth-order valence-electron chi connectivity index (χ4n) is 1.25. The van der Waals surface area contributed by atoms with Crippen molar-refractivity contribution in [2.45, 2.75) is 6.17 Å². The standard InChI is InChI=1S/C6H10N2O/c1-2-8-3-4-9-5-6(8)7-1/h1,6H,2-5H2. The number of ether oxygens (including phenoxy) is 1. The van der Waals surface area contributed by atoms with E-state index in [4.69, 9.17) is 4.74 Å². The van der Waals surface area contributed by atoms with Crippen LogP contribution < -0.4 is 0 Å². The van der Waals surface area contributed by atoms with Gasteiger partial charge in [0.25, 0.3) is 0 Å². The zero-order valence-corrected chi connectivity index (χ0v) is 5.29. The van der Waals surface area contributed by atoms with Crippen LogP contribution in [0.25, 0.3) is 0 Å². The lowest BCUT2D eigenvalue weighted by atomic mass is 10.4. The molecule has 0 aromatic rings. The third-order valence-electron chi connectivity index (χ3n) is 1.80. The first-order valence-corrected chi connectivity index (χ1v) is 3.30. The lowest BCUT2D eigenvalue weighted by Crippen LogP contribution is -2.41. The fourth-order valence-corrected chi connectivity index (χ4v) is 1.25. The molecule has 0 aromatic heterocycles. The molecule has 1 atom stereocenters. The Morgan fingerprint density at radius 3 is 3.56 bits per heavy atom. The topological polar surface area (TPSA) is 24.8 Å². The van der Waals surface area contributed by atoms with Gasteiger partial charge in [-0.3, -0.25) is 9.89 Å². The lowest BCUT2D eigenvalue weighted by Gasteiger charge is -2.27. The van der Waals surface area contributed by atoms with Crippen molar-refractivity contribution < 1.29 is 4.74 Å². The first-order valence-electron chi connectivity index (χ1n) is 3.30. The summed E-state index contributed by atoms with van der Waals surface area (Å²) in [5.74, 6) is 0. The Bertz CT molecular complexity index is 135. The van der Waals surface area contributed by atoms with Crippen LogP contribution in [0.15, 0.2) is 4.99 Å². The number of hydrogen-bond acceptors (Lipinski definition) is 3. The highest BCUT2D eigenvalue weighted by Crippen LogP contribution is 2.10. The third kappa shape index (κ3) is 0.862. The molecule has 0 amide bonds. The largest absolute Gasteiger partial charge is 0.376 e. The zero-order chi connectivity index (χ0) is 6.10. The predicted molar refractivity (Wildman–Crippen MR) is 34.7 cm³/mol. The molecule has 3 heteroatoms. The normalized spacial score (nSPS) is 34.9. The molecule has 1 unspecified atom stereocenters. The van der Waals surface area contributed by atoms with Gasteiger partial charge in [0.15, 0.2) is 0 Å². The van der Waals surface area contributed by atoms with Gasteiger partial charge in [0.1, 0.15) is 6.17 Å². The van der Waals surface area contributed by atoms with E-state index in [1.54, 1.807) is 0 Å². The van der Waals surface area contributed by atoms with E-state index in [0.29, 0.717) is 6.17 Å². The highest BCUT2D eigenvalue weighted by molar-refractivity contribution is 5.62. The predicted octanol–water partition coefficient (Wildman–Crippen LogP) is -0.271. The molecule has 1 fully saturated rings. The minimum Gasteiger partial charge on any atom is -0.376 e. The summed E-state index contributed by atoms with van der Waals surface area (Å²) in [6.45, 7) is 3.73. The average Bonchev–Trinajstić information content (AvgIpc) is 2.33. The molecule has 2 rings (SSSR count). The van der Waals surface area contributed by atoms with Gasteiger partial charge in [0, 0.05) is 19.3 Å². The van der Waals surface area contributed by atoms with Crippen LogP contribution in [0.4, 0.5) is 0 Å². The minimum absolute atomic E-state index is 0.346. The molecule has 3 nitrogen and oxygen atoms in total. The Morgan fingerprint density at radius 1 is 1.67 bits per heavy atom. The number of morpholine rings is 1. The van der Waals surface area contributed by atoms with Gasteiger partial charge >= 0.3 is 0 Å². The van der Waals surface area contributed by atoms with Crippen LogP contribution in [0.3, 0.4) is 0 Å². The summed E-state index contributed by atoms with van der Waals surface area (Å²) >= 11 is 0. The van der Waals surface area contributed by atoms with Crippen LogP contribution in [-0.4, -0.2) is 43.6 Å². The van der Waals surface area contributed by atoms with Crippen LogP contribution in [0.2, 0.25) is 0 Å². The zero-order valence-electron chi connectivity index (χ0n) is 5.29. The van der Waals surface area contributed by atoms with Gasteiger partial charge in [-0.05, 0) is 0 Å². The van der Waals surface area contributed by atoms with Crippen LogP contribution in [0, 0.1) is 0 Å². The number of hydrogen-bond donors (Lipinski definition) is 0.